The Kier molecular flexibility index (Phi) is 5.69. The molecule has 0 spiro atoms. The molecule has 0 saturated carbocycles. The van der Waals surface area contributed by atoms with Crippen molar-refractivity contribution in [3.63, 3.8) is 0 Å². The number of halogens is 1. The Labute approximate surface area is 141 Å². The summed E-state index contributed by atoms with van der Waals surface area (Å²) in [6, 6.07) is 12.0. The van der Waals surface area contributed by atoms with E-state index in [2.05, 4.69) is 5.32 Å². The van der Waals surface area contributed by atoms with E-state index >= 15 is 0 Å². The number of aryl methyl sites for hydroxylation is 1. The van der Waals surface area contributed by atoms with Crippen molar-refractivity contribution in [1.82, 2.24) is 4.31 Å². The molecule has 2 aromatic rings. The first-order valence-electron chi connectivity index (χ1n) is 7.44. The second-order valence-electron chi connectivity index (χ2n) is 5.28. The maximum absolute atomic E-state index is 13.2. The highest BCUT2D eigenvalue weighted by molar-refractivity contribution is 7.89. The lowest BCUT2D eigenvalue weighted by atomic mass is 10.1. The molecule has 0 aromatic heterocycles. The number of sulfonamides is 1. The number of para-hydroxylation sites is 1. The van der Waals surface area contributed by atoms with Crippen LogP contribution in [-0.4, -0.2) is 32.2 Å². The first kappa shape index (κ1) is 18.1. The van der Waals surface area contributed by atoms with E-state index in [1.165, 1.54) is 19.2 Å². The number of nitrogens with zero attached hydrogens (tertiary/aromatic N) is 1. The van der Waals surface area contributed by atoms with Crippen LogP contribution in [0.15, 0.2) is 53.4 Å². The summed E-state index contributed by atoms with van der Waals surface area (Å²) in [5.74, 6) is -1.11. The number of hydrogen-bond donors (Lipinski definition) is 1. The summed E-state index contributed by atoms with van der Waals surface area (Å²) in [6.45, 7) is 1.60. The van der Waals surface area contributed by atoms with Crippen LogP contribution in [0.5, 0.6) is 0 Å². The third-order valence-electron chi connectivity index (χ3n) is 3.54. The highest BCUT2D eigenvalue weighted by Crippen LogP contribution is 2.17. The Morgan fingerprint density at radius 3 is 2.54 bits per heavy atom. The smallest absolute Gasteiger partial charge is 0.243 e. The molecular formula is C17H19FN2O3S. The number of likely N-dealkylation sites (N-methyl/N-ethyl adjacent to an activating group) is 1. The van der Waals surface area contributed by atoms with Gasteiger partial charge in [0.2, 0.25) is 15.9 Å². The van der Waals surface area contributed by atoms with Crippen molar-refractivity contribution in [1.29, 1.82) is 0 Å². The zero-order valence-corrected chi connectivity index (χ0v) is 14.3. The van der Waals surface area contributed by atoms with Crippen LogP contribution in [0.2, 0.25) is 0 Å². The number of hydrogen-bond acceptors (Lipinski definition) is 3. The molecule has 0 atom stereocenters. The van der Waals surface area contributed by atoms with Crippen LogP contribution in [0, 0.1) is 5.82 Å². The lowest BCUT2D eigenvalue weighted by Crippen LogP contribution is -2.35. The van der Waals surface area contributed by atoms with E-state index in [4.69, 9.17) is 0 Å². The predicted molar refractivity (Wildman–Crippen MR) is 90.7 cm³/mol. The van der Waals surface area contributed by atoms with Gasteiger partial charge in [0, 0.05) is 12.7 Å². The minimum atomic E-state index is -3.93. The number of amides is 1. The van der Waals surface area contributed by atoms with Gasteiger partial charge in [0.25, 0.3) is 0 Å². The topological polar surface area (TPSA) is 66.5 Å². The minimum absolute atomic E-state index is 0.188. The lowest BCUT2D eigenvalue weighted by Gasteiger charge is -2.17. The van der Waals surface area contributed by atoms with Gasteiger partial charge in [0.1, 0.15) is 5.82 Å². The van der Waals surface area contributed by atoms with Crippen LogP contribution in [0.1, 0.15) is 12.5 Å². The van der Waals surface area contributed by atoms with Crippen LogP contribution < -0.4 is 5.32 Å². The van der Waals surface area contributed by atoms with Gasteiger partial charge >= 0.3 is 0 Å². The second kappa shape index (κ2) is 7.55. The molecule has 0 saturated heterocycles. The normalized spacial score (nSPS) is 11.5. The molecule has 7 heteroatoms. The van der Waals surface area contributed by atoms with E-state index in [0.29, 0.717) is 5.69 Å². The molecular weight excluding hydrogens is 331 g/mol. The number of anilines is 1. The van der Waals surface area contributed by atoms with E-state index in [0.717, 1.165) is 28.4 Å². The number of carbonyl (C=O) groups excluding carboxylic acids is 1. The monoisotopic (exact) mass is 350 g/mol. The Morgan fingerprint density at radius 1 is 1.17 bits per heavy atom. The summed E-state index contributed by atoms with van der Waals surface area (Å²) < 4.78 is 38.9. The van der Waals surface area contributed by atoms with E-state index < -0.39 is 21.7 Å². The first-order valence-corrected chi connectivity index (χ1v) is 8.88. The molecule has 0 aliphatic heterocycles. The maximum Gasteiger partial charge on any atom is 0.243 e. The summed E-state index contributed by atoms with van der Waals surface area (Å²) in [7, 11) is -2.65. The van der Waals surface area contributed by atoms with Gasteiger partial charge in [0.05, 0.1) is 11.4 Å². The third-order valence-corrected chi connectivity index (χ3v) is 5.34. The quantitative estimate of drug-likeness (QED) is 0.871. The molecule has 5 nitrogen and oxygen atoms in total. The molecule has 0 bridgehead atoms. The molecule has 0 aliphatic rings. The summed E-state index contributed by atoms with van der Waals surface area (Å²) in [4.78, 5) is 12.0. The molecule has 0 fully saturated rings. The Balaban J connectivity index is 2.11. The van der Waals surface area contributed by atoms with E-state index in [1.807, 2.05) is 19.1 Å². The average Bonchev–Trinajstić information content (AvgIpc) is 2.55. The van der Waals surface area contributed by atoms with Gasteiger partial charge in [-0.3, -0.25) is 4.79 Å². The van der Waals surface area contributed by atoms with Crippen molar-refractivity contribution in [2.24, 2.45) is 0 Å². The fourth-order valence-electron chi connectivity index (χ4n) is 2.23. The molecule has 2 aromatic carbocycles. The molecule has 0 radical (unpaired) electrons. The van der Waals surface area contributed by atoms with E-state index in [9.17, 15) is 17.6 Å². The summed E-state index contributed by atoms with van der Waals surface area (Å²) in [6.07, 6.45) is 0.744. The van der Waals surface area contributed by atoms with Crippen molar-refractivity contribution in [2.75, 3.05) is 18.9 Å². The fourth-order valence-corrected chi connectivity index (χ4v) is 3.39. The molecule has 0 aliphatic carbocycles. The van der Waals surface area contributed by atoms with Crippen molar-refractivity contribution in [3.05, 3.63) is 59.9 Å². The van der Waals surface area contributed by atoms with Crippen molar-refractivity contribution >= 4 is 21.6 Å². The van der Waals surface area contributed by atoms with E-state index in [1.54, 1.807) is 12.1 Å². The van der Waals surface area contributed by atoms with Crippen LogP contribution in [0.3, 0.4) is 0 Å². The van der Waals surface area contributed by atoms with Gasteiger partial charge in [0.15, 0.2) is 0 Å². The van der Waals surface area contributed by atoms with Crippen molar-refractivity contribution < 1.29 is 17.6 Å². The van der Waals surface area contributed by atoms with Crippen molar-refractivity contribution in [3.8, 4) is 0 Å². The predicted octanol–water partition coefficient (Wildman–Crippen LogP) is 2.65. The highest BCUT2D eigenvalue weighted by atomic mass is 32.2. The molecule has 0 unspecified atom stereocenters. The number of nitrogens with one attached hydrogen (secondary N) is 1. The lowest BCUT2D eigenvalue weighted by molar-refractivity contribution is -0.116. The fraction of sp³-hybridized carbons (Fsp3) is 0.235. The van der Waals surface area contributed by atoms with Gasteiger partial charge in [-0.05, 0) is 36.2 Å². The Bertz CT molecular complexity index is 837. The van der Waals surface area contributed by atoms with E-state index in [-0.39, 0.29) is 11.4 Å². The van der Waals surface area contributed by atoms with Crippen LogP contribution in [-0.2, 0) is 21.2 Å². The largest absolute Gasteiger partial charge is 0.325 e. The zero-order valence-electron chi connectivity index (χ0n) is 13.5. The summed E-state index contributed by atoms with van der Waals surface area (Å²) >= 11 is 0. The van der Waals surface area contributed by atoms with Gasteiger partial charge in [-0.1, -0.05) is 31.2 Å². The molecule has 1 N–H and O–H groups in total. The van der Waals surface area contributed by atoms with Crippen LogP contribution >= 0.6 is 0 Å². The van der Waals surface area contributed by atoms with Gasteiger partial charge in [-0.25, -0.2) is 12.8 Å². The number of benzene rings is 2. The van der Waals surface area contributed by atoms with Gasteiger partial charge in [-0.2, -0.15) is 4.31 Å². The van der Waals surface area contributed by atoms with Crippen LogP contribution in [0.25, 0.3) is 0 Å². The molecule has 24 heavy (non-hydrogen) atoms. The maximum atomic E-state index is 13.2. The van der Waals surface area contributed by atoms with Crippen molar-refractivity contribution in [2.45, 2.75) is 18.2 Å². The minimum Gasteiger partial charge on any atom is -0.325 e. The standard InChI is InChI=1S/C17H19FN2O3S/c1-3-13-7-4-5-10-16(13)19-17(21)12-20(2)24(22,23)15-9-6-8-14(18)11-15/h4-11H,3,12H2,1-2H3,(H,19,21). The second-order valence-corrected chi connectivity index (χ2v) is 7.32. The SMILES string of the molecule is CCc1ccccc1NC(=O)CN(C)S(=O)(=O)c1cccc(F)c1. The van der Waals surface area contributed by atoms with Gasteiger partial charge in [-0.15, -0.1) is 0 Å². The summed E-state index contributed by atoms with van der Waals surface area (Å²) in [5, 5.41) is 2.71. The Hall–Kier alpha value is -2.25. The van der Waals surface area contributed by atoms with Crippen LogP contribution in [0.4, 0.5) is 10.1 Å². The summed E-state index contributed by atoms with van der Waals surface area (Å²) in [5.41, 5.74) is 1.61. The number of rotatable bonds is 6. The first-order chi connectivity index (χ1) is 11.3. The van der Waals surface area contributed by atoms with Gasteiger partial charge < -0.3 is 5.32 Å². The Morgan fingerprint density at radius 2 is 1.88 bits per heavy atom. The molecule has 0 heterocycles. The zero-order chi connectivity index (χ0) is 17.7. The molecule has 2 rings (SSSR count). The molecule has 1 amide bonds. The number of carbonyl (C=O) groups is 1. The average molecular weight is 350 g/mol. The third kappa shape index (κ3) is 4.18. The highest BCUT2D eigenvalue weighted by Gasteiger charge is 2.23. The molecule has 128 valence electrons.